The Balaban J connectivity index is 2.09. The molecule has 3 rings (SSSR count). The van der Waals surface area contributed by atoms with E-state index in [9.17, 15) is 13.2 Å². The smallest absolute Gasteiger partial charge is 0.290 e. The van der Waals surface area contributed by atoms with E-state index >= 15 is 4.39 Å². The molecule has 3 nitrogen and oxygen atoms in total. The Morgan fingerprint density at radius 2 is 1.82 bits per heavy atom. The number of halogens is 5. The van der Waals surface area contributed by atoms with Crippen molar-refractivity contribution in [2.75, 3.05) is 5.32 Å². The molecule has 3 atom stereocenters. The van der Waals surface area contributed by atoms with Crippen LogP contribution in [0.1, 0.15) is 47.4 Å². The van der Waals surface area contributed by atoms with Gasteiger partial charge in [-0.3, -0.25) is 0 Å². The summed E-state index contributed by atoms with van der Waals surface area (Å²) in [7, 11) is 0. The molecular formula is C26H30ClF4N3. The summed E-state index contributed by atoms with van der Waals surface area (Å²) in [6, 6.07) is 4.03. The number of aromatic nitrogens is 2. The number of benzene rings is 1. The van der Waals surface area contributed by atoms with Gasteiger partial charge < -0.3 is 5.32 Å². The van der Waals surface area contributed by atoms with E-state index in [2.05, 4.69) is 15.3 Å². The molecule has 184 valence electrons. The summed E-state index contributed by atoms with van der Waals surface area (Å²) in [6.07, 6.45) is 0.530. The summed E-state index contributed by atoms with van der Waals surface area (Å²) in [5.74, 6) is -3.50. The van der Waals surface area contributed by atoms with Crippen LogP contribution in [0.5, 0.6) is 0 Å². The first-order valence-electron chi connectivity index (χ1n) is 11.1. The lowest BCUT2D eigenvalue weighted by atomic mass is 9.90. The van der Waals surface area contributed by atoms with E-state index in [1.807, 2.05) is 20.8 Å². The van der Waals surface area contributed by atoms with Gasteiger partial charge in [0.05, 0.1) is 22.0 Å². The average molecular weight is 496 g/mol. The number of alkyl halides is 3. The third-order valence-electron chi connectivity index (χ3n) is 6.93. The molecule has 0 aliphatic heterocycles. The van der Waals surface area contributed by atoms with E-state index in [-0.39, 0.29) is 16.5 Å². The molecule has 1 aromatic carbocycles. The van der Waals surface area contributed by atoms with Gasteiger partial charge in [-0.1, -0.05) is 37.1 Å². The highest BCUT2D eigenvalue weighted by atomic mass is 35.5. The van der Waals surface area contributed by atoms with E-state index in [0.717, 1.165) is 5.57 Å². The van der Waals surface area contributed by atoms with Crippen molar-refractivity contribution in [1.82, 2.24) is 9.97 Å². The maximum atomic E-state index is 15.0. The largest absolute Gasteiger partial charge is 0.377 e. The fourth-order valence-corrected chi connectivity index (χ4v) is 4.45. The van der Waals surface area contributed by atoms with Crippen LogP contribution in [0.25, 0.3) is 10.9 Å². The summed E-state index contributed by atoms with van der Waals surface area (Å²) in [4.78, 5) is 8.55. The Bertz CT molecular complexity index is 1200. The van der Waals surface area contributed by atoms with Crippen LogP contribution in [0.3, 0.4) is 0 Å². The van der Waals surface area contributed by atoms with Crippen molar-refractivity contribution in [3.05, 3.63) is 63.9 Å². The van der Waals surface area contributed by atoms with Gasteiger partial charge in [-0.15, -0.1) is 0 Å². The zero-order valence-electron chi connectivity index (χ0n) is 20.4. The van der Waals surface area contributed by atoms with Crippen LogP contribution in [0.2, 0.25) is 0 Å². The summed E-state index contributed by atoms with van der Waals surface area (Å²) < 4.78 is 58.5. The summed E-state index contributed by atoms with van der Waals surface area (Å²) in [5, 5.41) is 3.44. The van der Waals surface area contributed by atoms with Crippen molar-refractivity contribution in [2.24, 2.45) is 11.3 Å². The fraction of sp³-hybridized carbons (Fsp3) is 0.462. The first-order valence-corrected chi connectivity index (χ1v) is 11.5. The van der Waals surface area contributed by atoms with Gasteiger partial charge >= 0.3 is 0 Å². The van der Waals surface area contributed by atoms with Gasteiger partial charge in [0.2, 0.25) is 0 Å². The summed E-state index contributed by atoms with van der Waals surface area (Å²) in [6.45, 7) is 11.8. The molecule has 1 aliphatic rings. The fourth-order valence-electron chi connectivity index (χ4n) is 4.14. The van der Waals surface area contributed by atoms with Crippen LogP contribution in [0.15, 0.2) is 58.1 Å². The van der Waals surface area contributed by atoms with Crippen LogP contribution in [0.4, 0.5) is 23.2 Å². The maximum Gasteiger partial charge on any atom is 0.290 e. The van der Waals surface area contributed by atoms with Crippen molar-refractivity contribution in [2.45, 2.75) is 66.6 Å². The first kappa shape index (κ1) is 26.2. The van der Waals surface area contributed by atoms with Crippen LogP contribution in [-0.2, 0) is 0 Å². The van der Waals surface area contributed by atoms with Crippen molar-refractivity contribution < 1.29 is 17.6 Å². The number of aryl methyl sites for hydroxylation is 1. The van der Waals surface area contributed by atoms with E-state index in [1.54, 1.807) is 45.2 Å². The van der Waals surface area contributed by atoms with E-state index < -0.39 is 29.4 Å². The Labute approximate surface area is 203 Å². The molecule has 2 unspecified atom stereocenters. The molecule has 1 saturated carbocycles. The van der Waals surface area contributed by atoms with Crippen LogP contribution >= 0.6 is 11.6 Å². The summed E-state index contributed by atoms with van der Waals surface area (Å²) in [5.41, 5.74) is 0.555. The maximum absolute atomic E-state index is 15.0. The van der Waals surface area contributed by atoms with Crippen LogP contribution < -0.4 is 5.32 Å². The minimum atomic E-state index is -3.55. The number of hydrogen-bond acceptors (Lipinski definition) is 3. The highest BCUT2D eigenvalue weighted by Gasteiger charge is 2.82. The lowest BCUT2D eigenvalue weighted by Gasteiger charge is -2.27. The number of nitrogens with one attached hydrogen (secondary N) is 1. The van der Waals surface area contributed by atoms with E-state index in [0.29, 0.717) is 28.0 Å². The first-order chi connectivity index (χ1) is 15.7. The molecule has 0 radical (unpaired) electrons. The minimum absolute atomic E-state index is 0.114. The normalized spacial score (nSPS) is 24.6. The van der Waals surface area contributed by atoms with Crippen molar-refractivity contribution >= 4 is 28.2 Å². The standard InChI is InChI=1S/C26H30ClF4N3/c1-13(2)15(4)16(5)22(28)19(27)11-14(3)23(25(7)24(29)26(25,30)31)34-21-10-8-9-20-18(21)12-32-17(6)33-20/h8-13,23-24,34H,1-7H3/b14-11+,16-15+,22-19-/t23?,24?,25-/m0/s1. The van der Waals surface area contributed by atoms with E-state index in [4.69, 9.17) is 11.6 Å². The highest BCUT2D eigenvalue weighted by molar-refractivity contribution is 6.31. The molecule has 1 aromatic heterocycles. The van der Waals surface area contributed by atoms with Gasteiger partial charge in [-0.05, 0) is 69.9 Å². The Morgan fingerprint density at radius 3 is 2.38 bits per heavy atom. The predicted octanol–water partition coefficient (Wildman–Crippen LogP) is 8.07. The second kappa shape index (κ2) is 9.33. The second-order valence-corrected chi connectivity index (χ2v) is 9.92. The molecule has 34 heavy (non-hydrogen) atoms. The quantitative estimate of drug-likeness (QED) is 0.311. The molecule has 2 aromatic rings. The van der Waals surface area contributed by atoms with Crippen molar-refractivity contribution in [3.63, 3.8) is 0 Å². The molecular weight excluding hydrogens is 466 g/mol. The molecule has 8 heteroatoms. The molecule has 1 heterocycles. The molecule has 0 bridgehead atoms. The van der Waals surface area contributed by atoms with Crippen LogP contribution in [0, 0.1) is 18.3 Å². The van der Waals surface area contributed by atoms with Crippen LogP contribution in [-0.4, -0.2) is 28.1 Å². The predicted molar refractivity (Wildman–Crippen MR) is 131 cm³/mol. The minimum Gasteiger partial charge on any atom is -0.377 e. The number of anilines is 1. The lowest BCUT2D eigenvalue weighted by Crippen LogP contribution is -2.34. The number of fused-ring (bicyclic) bond motifs is 1. The third kappa shape index (κ3) is 4.47. The molecule has 1 fully saturated rings. The van der Waals surface area contributed by atoms with Gasteiger partial charge in [0.1, 0.15) is 11.7 Å². The lowest BCUT2D eigenvalue weighted by molar-refractivity contribution is 0.0549. The van der Waals surface area contributed by atoms with Crippen molar-refractivity contribution in [3.8, 4) is 0 Å². The number of hydrogen-bond donors (Lipinski definition) is 1. The Morgan fingerprint density at radius 1 is 1.21 bits per heavy atom. The number of nitrogens with zero attached hydrogens (tertiary/aromatic N) is 2. The Hall–Kier alpha value is -2.41. The zero-order chi connectivity index (χ0) is 25.6. The summed E-state index contributed by atoms with van der Waals surface area (Å²) >= 11 is 6.27. The molecule has 1 N–H and O–H groups in total. The highest BCUT2D eigenvalue weighted by Crippen LogP contribution is 2.65. The van der Waals surface area contributed by atoms with Gasteiger partial charge in [0.25, 0.3) is 5.92 Å². The number of allylic oxidation sites excluding steroid dienone is 5. The van der Waals surface area contributed by atoms with Gasteiger partial charge in [0, 0.05) is 17.3 Å². The van der Waals surface area contributed by atoms with Gasteiger partial charge in [-0.2, -0.15) is 0 Å². The molecule has 0 spiro atoms. The Kier molecular flexibility index (Phi) is 7.19. The SMILES string of the molecule is C\C(=C/C(Cl)=C(F)\C(C)=C(/C)C(C)C)C(Nc1cccc2nc(C)ncc12)[C@@]1(C)C(F)C1(F)F. The van der Waals surface area contributed by atoms with Crippen molar-refractivity contribution in [1.29, 1.82) is 0 Å². The topological polar surface area (TPSA) is 37.8 Å². The zero-order valence-corrected chi connectivity index (χ0v) is 21.2. The second-order valence-electron chi connectivity index (χ2n) is 9.51. The molecule has 1 aliphatic carbocycles. The van der Waals surface area contributed by atoms with Gasteiger partial charge in [0.15, 0.2) is 6.17 Å². The van der Waals surface area contributed by atoms with Gasteiger partial charge in [-0.25, -0.2) is 27.5 Å². The monoisotopic (exact) mass is 495 g/mol. The number of rotatable bonds is 7. The average Bonchev–Trinajstić information content (AvgIpc) is 3.18. The third-order valence-corrected chi connectivity index (χ3v) is 7.21. The molecule has 0 saturated heterocycles. The molecule has 0 amide bonds. The van der Waals surface area contributed by atoms with E-state index in [1.165, 1.54) is 13.0 Å².